The van der Waals surface area contributed by atoms with Crippen molar-refractivity contribution in [1.29, 1.82) is 0 Å². The topological polar surface area (TPSA) is 50.2 Å². The second kappa shape index (κ2) is 5.26. The van der Waals surface area contributed by atoms with E-state index in [1.807, 2.05) is 0 Å². The van der Waals surface area contributed by atoms with Crippen LogP contribution in [0.15, 0.2) is 53.0 Å². The minimum Gasteiger partial charge on any atom is -0.478 e. The van der Waals surface area contributed by atoms with E-state index in [1.165, 1.54) is 18.2 Å². The van der Waals surface area contributed by atoms with Crippen molar-refractivity contribution in [3.63, 3.8) is 0 Å². The van der Waals surface area contributed by atoms with E-state index in [9.17, 15) is 14.3 Å². The number of fused-ring (bicyclic) bond motifs is 1. The van der Waals surface area contributed by atoms with Crippen LogP contribution in [-0.4, -0.2) is 16.1 Å². The fourth-order valence-corrected chi connectivity index (χ4v) is 2.52. The van der Waals surface area contributed by atoms with Crippen molar-refractivity contribution in [3.05, 3.63) is 64.4 Å². The lowest BCUT2D eigenvalue weighted by atomic mass is 10.0. The van der Waals surface area contributed by atoms with Crippen LogP contribution in [0.5, 0.6) is 0 Å². The summed E-state index contributed by atoms with van der Waals surface area (Å²) >= 11 is 3.34. The Morgan fingerprint density at radius 2 is 1.95 bits per heavy atom. The molecule has 0 aliphatic heterocycles. The molecule has 1 heterocycles. The van der Waals surface area contributed by atoms with Gasteiger partial charge in [-0.3, -0.25) is 0 Å². The van der Waals surface area contributed by atoms with Gasteiger partial charge < -0.3 is 5.11 Å². The molecule has 3 aromatic rings. The molecule has 0 aliphatic rings. The van der Waals surface area contributed by atoms with E-state index in [4.69, 9.17) is 0 Å². The summed E-state index contributed by atoms with van der Waals surface area (Å²) in [5.74, 6) is -1.43. The molecule has 3 nitrogen and oxygen atoms in total. The number of aromatic nitrogens is 1. The van der Waals surface area contributed by atoms with Gasteiger partial charge in [0.15, 0.2) is 0 Å². The van der Waals surface area contributed by atoms with E-state index in [0.717, 1.165) is 4.47 Å². The summed E-state index contributed by atoms with van der Waals surface area (Å²) in [6.07, 6.45) is 0. The van der Waals surface area contributed by atoms with Crippen molar-refractivity contribution in [3.8, 4) is 11.3 Å². The van der Waals surface area contributed by atoms with Crippen LogP contribution in [0.3, 0.4) is 0 Å². The molecular weight excluding hydrogens is 337 g/mol. The standard InChI is InChI=1S/C16H9BrFNO2/c17-10-4-5-12-13(16(20)21)8-14(19-15(12)7-10)9-2-1-3-11(18)6-9/h1-8H,(H,20,21). The Bertz CT molecular complexity index is 864. The van der Waals surface area contributed by atoms with E-state index in [0.29, 0.717) is 22.2 Å². The van der Waals surface area contributed by atoms with Crippen molar-refractivity contribution in [1.82, 2.24) is 4.98 Å². The van der Waals surface area contributed by atoms with Crippen molar-refractivity contribution in [2.75, 3.05) is 0 Å². The van der Waals surface area contributed by atoms with E-state index in [1.54, 1.807) is 30.3 Å². The van der Waals surface area contributed by atoms with E-state index >= 15 is 0 Å². The fraction of sp³-hybridized carbons (Fsp3) is 0. The molecule has 0 radical (unpaired) electrons. The van der Waals surface area contributed by atoms with Gasteiger partial charge in [-0.05, 0) is 30.3 Å². The number of nitrogens with zero attached hydrogens (tertiary/aromatic N) is 1. The number of carbonyl (C=O) groups is 1. The third-order valence-electron chi connectivity index (χ3n) is 3.12. The maximum Gasteiger partial charge on any atom is 0.336 e. The van der Waals surface area contributed by atoms with Crippen molar-refractivity contribution in [2.45, 2.75) is 0 Å². The van der Waals surface area contributed by atoms with Crippen LogP contribution in [-0.2, 0) is 0 Å². The van der Waals surface area contributed by atoms with Crippen LogP contribution >= 0.6 is 15.9 Å². The summed E-state index contributed by atoms with van der Waals surface area (Å²) in [5, 5.41) is 9.91. The zero-order valence-electron chi connectivity index (χ0n) is 10.7. The van der Waals surface area contributed by atoms with Gasteiger partial charge in [0.05, 0.1) is 16.8 Å². The number of pyridine rings is 1. The summed E-state index contributed by atoms with van der Waals surface area (Å²) in [6, 6.07) is 12.6. The lowest BCUT2D eigenvalue weighted by Gasteiger charge is -2.07. The van der Waals surface area contributed by atoms with Crippen molar-refractivity contribution < 1.29 is 14.3 Å². The SMILES string of the molecule is O=C(O)c1cc(-c2cccc(F)c2)nc2cc(Br)ccc12. The zero-order valence-corrected chi connectivity index (χ0v) is 12.3. The normalized spacial score (nSPS) is 10.8. The molecular formula is C16H9BrFNO2. The first-order valence-electron chi connectivity index (χ1n) is 6.14. The Hall–Kier alpha value is -2.27. The number of halogens is 2. The summed E-state index contributed by atoms with van der Waals surface area (Å²) < 4.78 is 14.1. The molecule has 0 spiro atoms. The van der Waals surface area contributed by atoms with Crippen molar-refractivity contribution >= 4 is 32.8 Å². The second-order valence-electron chi connectivity index (χ2n) is 4.53. The molecule has 0 unspecified atom stereocenters. The Morgan fingerprint density at radius 1 is 1.14 bits per heavy atom. The van der Waals surface area contributed by atoms with E-state index < -0.39 is 5.97 Å². The molecule has 0 amide bonds. The van der Waals surface area contributed by atoms with Crippen LogP contribution in [0.1, 0.15) is 10.4 Å². The number of benzene rings is 2. The first kappa shape index (κ1) is 13.7. The Morgan fingerprint density at radius 3 is 2.67 bits per heavy atom. The molecule has 5 heteroatoms. The van der Waals surface area contributed by atoms with Crippen molar-refractivity contribution in [2.24, 2.45) is 0 Å². The van der Waals surface area contributed by atoms with Gasteiger partial charge in [0.1, 0.15) is 5.82 Å². The van der Waals surface area contributed by atoms with Crippen LogP contribution in [0.25, 0.3) is 22.2 Å². The second-order valence-corrected chi connectivity index (χ2v) is 5.45. The lowest BCUT2D eigenvalue weighted by molar-refractivity contribution is 0.0699. The molecule has 1 N–H and O–H groups in total. The third-order valence-corrected chi connectivity index (χ3v) is 3.62. The van der Waals surface area contributed by atoms with Gasteiger partial charge in [-0.2, -0.15) is 0 Å². The fourth-order valence-electron chi connectivity index (χ4n) is 2.17. The minimum atomic E-state index is -1.04. The quantitative estimate of drug-likeness (QED) is 0.743. The predicted octanol–water partition coefficient (Wildman–Crippen LogP) is 4.50. The molecule has 21 heavy (non-hydrogen) atoms. The molecule has 2 aromatic carbocycles. The monoisotopic (exact) mass is 345 g/mol. The molecule has 3 rings (SSSR count). The summed E-state index contributed by atoms with van der Waals surface area (Å²) in [5.41, 5.74) is 1.66. The molecule has 0 aliphatic carbocycles. The average molecular weight is 346 g/mol. The maximum absolute atomic E-state index is 13.3. The number of hydrogen-bond donors (Lipinski definition) is 1. The molecule has 0 bridgehead atoms. The van der Waals surface area contributed by atoms with Crippen LogP contribution < -0.4 is 0 Å². The van der Waals surface area contributed by atoms with Gasteiger partial charge in [-0.25, -0.2) is 14.2 Å². The van der Waals surface area contributed by atoms with Gasteiger partial charge in [0.25, 0.3) is 0 Å². The lowest BCUT2D eigenvalue weighted by Crippen LogP contribution is -2.00. The Kier molecular flexibility index (Phi) is 3.43. The highest BCUT2D eigenvalue weighted by Gasteiger charge is 2.13. The summed E-state index contributed by atoms with van der Waals surface area (Å²) in [4.78, 5) is 15.9. The first-order chi connectivity index (χ1) is 10.0. The van der Waals surface area contributed by atoms with E-state index in [-0.39, 0.29) is 11.4 Å². The molecule has 104 valence electrons. The number of rotatable bonds is 2. The van der Waals surface area contributed by atoms with Gasteiger partial charge in [-0.1, -0.05) is 34.1 Å². The smallest absolute Gasteiger partial charge is 0.336 e. The predicted molar refractivity (Wildman–Crippen MR) is 81.8 cm³/mol. The highest BCUT2D eigenvalue weighted by molar-refractivity contribution is 9.10. The Balaban J connectivity index is 2.32. The summed E-state index contributed by atoms with van der Waals surface area (Å²) in [7, 11) is 0. The number of carboxylic acids is 1. The first-order valence-corrected chi connectivity index (χ1v) is 6.93. The molecule has 0 fully saturated rings. The number of hydrogen-bond acceptors (Lipinski definition) is 2. The van der Waals surface area contributed by atoms with Crippen LogP contribution in [0, 0.1) is 5.82 Å². The molecule has 0 saturated heterocycles. The summed E-state index contributed by atoms with van der Waals surface area (Å²) in [6.45, 7) is 0. The maximum atomic E-state index is 13.3. The number of carboxylic acid groups (broad SMARTS) is 1. The largest absolute Gasteiger partial charge is 0.478 e. The van der Waals surface area contributed by atoms with E-state index in [2.05, 4.69) is 20.9 Å². The third kappa shape index (κ3) is 2.64. The van der Waals surface area contributed by atoms with Gasteiger partial charge in [-0.15, -0.1) is 0 Å². The molecule has 1 aromatic heterocycles. The van der Waals surface area contributed by atoms with Crippen LogP contribution in [0.4, 0.5) is 4.39 Å². The molecule has 0 atom stereocenters. The van der Waals surface area contributed by atoms with Crippen LogP contribution in [0.2, 0.25) is 0 Å². The zero-order chi connectivity index (χ0) is 15.0. The van der Waals surface area contributed by atoms with Gasteiger partial charge in [0, 0.05) is 15.4 Å². The Labute approximate surface area is 128 Å². The average Bonchev–Trinajstić information content (AvgIpc) is 2.45. The van der Waals surface area contributed by atoms with Gasteiger partial charge >= 0.3 is 5.97 Å². The highest BCUT2D eigenvalue weighted by atomic mass is 79.9. The number of aromatic carboxylic acids is 1. The minimum absolute atomic E-state index is 0.145. The van der Waals surface area contributed by atoms with Gasteiger partial charge in [0.2, 0.25) is 0 Å². The highest BCUT2D eigenvalue weighted by Crippen LogP contribution is 2.27. The molecule has 0 saturated carbocycles.